The van der Waals surface area contributed by atoms with Crippen LogP contribution in [0.1, 0.15) is 174 Å². The Labute approximate surface area is 212 Å². The molecule has 0 amide bonds. The lowest BCUT2D eigenvalue weighted by Gasteiger charge is -2.14. The molecule has 188 valence electrons. The topological polar surface area (TPSA) is 3.24 Å². The minimum Gasteiger partial charge on any atom is -0.248 e. The van der Waals surface area contributed by atoms with Gasteiger partial charge >= 0.3 is 0 Å². The summed E-state index contributed by atoms with van der Waals surface area (Å²) in [5, 5.41) is 0. The summed E-state index contributed by atoms with van der Waals surface area (Å²) in [5.74, 6) is 0. The molecule has 0 aliphatic carbocycles. The Morgan fingerprint density at radius 2 is 0.516 bits per heavy atom. The molecule has 0 aromatic rings. The van der Waals surface area contributed by atoms with E-state index in [0.29, 0.717) is 0 Å². The summed E-state index contributed by atoms with van der Waals surface area (Å²) in [4.78, 5) is 0. The van der Waals surface area contributed by atoms with E-state index in [1.807, 2.05) is 0 Å². The summed E-state index contributed by atoms with van der Waals surface area (Å²) in [6, 6.07) is 0. The van der Waals surface area contributed by atoms with Crippen LogP contribution < -0.4 is 0 Å². The average Bonchev–Trinajstić information content (AvgIpc) is 2.77. The lowest BCUT2D eigenvalue weighted by atomic mass is 10.0. The first-order valence-electron chi connectivity index (χ1n) is 14.7. The molecule has 0 N–H and O–H groups in total. The van der Waals surface area contributed by atoms with Crippen LogP contribution in [0.2, 0.25) is 0 Å². The molecule has 0 rings (SSSR count). The quantitative estimate of drug-likeness (QED) is 0.0559. The fourth-order valence-corrected chi connectivity index (χ4v) is 5.22. The third kappa shape index (κ3) is 28.7. The first kappa shape index (κ1) is 31.7. The summed E-state index contributed by atoms with van der Waals surface area (Å²) in [5.41, 5.74) is 0. The summed E-state index contributed by atoms with van der Waals surface area (Å²) >= 11 is 2.56. The molecule has 0 radical (unpaired) electrons. The Bertz CT molecular complexity index is 307. The number of unbranched alkanes of at least 4 members (excludes halogenated alkanes) is 23. The van der Waals surface area contributed by atoms with Crippen LogP contribution in [0.4, 0.5) is 0 Å². The van der Waals surface area contributed by atoms with Crippen LogP contribution in [-0.2, 0) is 0 Å². The highest BCUT2D eigenvalue weighted by molar-refractivity contribution is 14.1. The molecule has 2 heteroatoms. The van der Waals surface area contributed by atoms with E-state index in [9.17, 15) is 0 Å². The van der Waals surface area contributed by atoms with E-state index >= 15 is 0 Å². The zero-order chi connectivity index (χ0) is 22.7. The second-order valence-corrected chi connectivity index (χ2v) is 11.4. The standard InChI is InChI=1S/C29H60IN/c1-3-5-7-9-11-13-15-17-19-21-23-25-27-29-31(30)28-26-24-22-20-18-16-14-12-10-8-6-4-2/h3-29H2,1-2H3. The Hall–Kier alpha value is 0.690. The summed E-state index contributed by atoms with van der Waals surface area (Å²) in [6.45, 7) is 7.21. The van der Waals surface area contributed by atoms with Crippen LogP contribution in [0.25, 0.3) is 0 Å². The molecule has 0 saturated carbocycles. The highest BCUT2D eigenvalue weighted by atomic mass is 127. The van der Waals surface area contributed by atoms with Crippen LogP contribution >= 0.6 is 22.9 Å². The fraction of sp³-hybridized carbons (Fsp3) is 1.00. The molecule has 0 aliphatic heterocycles. The molecule has 0 bridgehead atoms. The second kappa shape index (κ2) is 28.7. The van der Waals surface area contributed by atoms with Crippen molar-refractivity contribution in [3.63, 3.8) is 0 Å². The molecule has 0 unspecified atom stereocenters. The van der Waals surface area contributed by atoms with Gasteiger partial charge in [-0.1, -0.05) is 162 Å². The van der Waals surface area contributed by atoms with Crippen molar-refractivity contribution >= 4 is 22.9 Å². The van der Waals surface area contributed by atoms with E-state index < -0.39 is 0 Å². The van der Waals surface area contributed by atoms with Crippen LogP contribution in [-0.4, -0.2) is 16.2 Å². The number of nitrogens with zero attached hydrogens (tertiary/aromatic N) is 1. The molecule has 0 saturated heterocycles. The van der Waals surface area contributed by atoms with E-state index in [2.05, 4.69) is 39.8 Å². The van der Waals surface area contributed by atoms with Crippen molar-refractivity contribution in [1.82, 2.24) is 3.11 Å². The molecule has 0 fully saturated rings. The van der Waals surface area contributed by atoms with E-state index in [4.69, 9.17) is 0 Å². The highest BCUT2D eigenvalue weighted by Gasteiger charge is 2.01. The third-order valence-corrected chi connectivity index (χ3v) is 7.72. The lowest BCUT2D eigenvalue weighted by molar-refractivity contribution is 0.448. The Kier molecular flexibility index (Phi) is 29.4. The maximum Gasteiger partial charge on any atom is 0.0201 e. The van der Waals surface area contributed by atoms with Crippen LogP contribution in [0.15, 0.2) is 0 Å². The van der Waals surface area contributed by atoms with Crippen molar-refractivity contribution in [3.05, 3.63) is 0 Å². The Morgan fingerprint density at radius 1 is 0.323 bits per heavy atom. The SMILES string of the molecule is CCCCCCCCCCCCCCCN(I)CCCCCCCCCCCCCC. The van der Waals surface area contributed by atoms with Gasteiger partial charge in [0.25, 0.3) is 0 Å². The minimum absolute atomic E-state index is 1.30. The van der Waals surface area contributed by atoms with Gasteiger partial charge in [0.15, 0.2) is 0 Å². The largest absolute Gasteiger partial charge is 0.248 e. The number of halogens is 1. The molecule has 0 spiro atoms. The predicted octanol–water partition coefficient (Wildman–Crippen LogP) is 11.4. The van der Waals surface area contributed by atoms with Crippen molar-refractivity contribution < 1.29 is 0 Å². The molecule has 0 aromatic carbocycles. The van der Waals surface area contributed by atoms with Crippen molar-refractivity contribution in [2.45, 2.75) is 174 Å². The normalized spacial score (nSPS) is 11.6. The van der Waals surface area contributed by atoms with Gasteiger partial charge in [-0.2, -0.15) is 0 Å². The highest BCUT2D eigenvalue weighted by Crippen LogP contribution is 2.15. The Morgan fingerprint density at radius 3 is 0.742 bits per heavy atom. The fourth-order valence-electron chi connectivity index (χ4n) is 4.54. The first-order valence-corrected chi connectivity index (χ1v) is 15.7. The van der Waals surface area contributed by atoms with Crippen molar-refractivity contribution in [2.24, 2.45) is 0 Å². The van der Waals surface area contributed by atoms with Gasteiger partial charge in [0, 0.05) is 36.0 Å². The molecular weight excluding hydrogens is 489 g/mol. The summed E-state index contributed by atoms with van der Waals surface area (Å²) < 4.78 is 2.55. The molecule has 1 nitrogen and oxygen atoms in total. The smallest absolute Gasteiger partial charge is 0.0201 e. The molecular formula is C29H60IN. The van der Waals surface area contributed by atoms with Gasteiger partial charge in [-0.05, 0) is 12.8 Å². The van der Waals surface area contributed by atoms with Gasteiger partial charge in [0.2, 0.25) is 0 Å². The van der Waals surface area contributed by atoms with Gasteiger partial charge in [0.1, 0.15) is 0 Å². The van der Waals surface area contributed by atoms with E-state index in [-0.39, 0.29) is 0 Å². The lowest BCUT2D eigenvalue weighted by Crippen LogP contribution is -2.14. The Balaban J connectivity index is 3.13. The van der Waals surface area contributed by atoms with Crippen molar-refractivity contribution in [2.75, 3.05) is 13.1 Å². The monoisotopic (exact) mass is 549 g/mol. The van der Waals surface area contributed by atoms with Crippen LogP contribution in [0.3, 0.4) is 0 Å². The molecule has 0 atom stereocenters. The van der Waals surface area contributed by atoms with Gasteiger partial charge in [-0.3, -0.25) is 0 Å². The third-order valence-electron chi connectivity index (χ3n) is 6.76. The molecule has 0 heterocycles. The number of rotatable bonds is 27. The second-order valence-electron chi connectivity index (χ2n) is 10.0. The zero-order valence-electron chi connectivity index (χ0n) is 21.9. The summed E-state index contributed by atoms with van der Waals surface area (Å²) in [7, 11) is 0. The molecule has 0 aliphatic rings. The average molecular weight is 550 g/mol. The maximum atomic E-state index is 2.56. The zero-order valence-corrected chi connectivity index (χ0v) is 24.1. The minimum atomic E-state index is 1.30. The van der Waals surface area contributed by atoms with Crippen LogP contribution in [0.5, 0.6) is 0 Å². The van der Waals surface area contributed by atoms with Gasteiger partial charge in [-0.25, -0.2) is 3.11 Å². The first-order chi connectivity index (χ1) is 15.3. The van der Waals surface area contributed by atoms with Gasteiger partial charge in [0.05, 0.1) is 0 Å². The number of hydrogen-bond acceptors (Lipinski definition) is 1. The van der Waals surface area contributed by atoms with Crippen molar-refractivity contribution in [3.8, 4) is 0 Å². The van der Waals surface area contributed by atoms with Crippen LogP contribution in [0, 0.1) is 0 Å². The van der Waals surface area contributed by atoms with E-state index in [0.717, 1.165) is 0 Å². The molecule has 0 aromatic heterocycles. The van der Waals surface area contributed by atoms with Gasteiger partial charge < -0.3 is 0 Å². The van der Waals surface area contributed by atoms with E-state index in [1.54, 1.807) is 0 Å². The number of hydrogen-bond donors (Lipinski definition) is 0. The molecule has 31 heavy (non-hydrogen) atoms. The predicted molar refractivity (Wildman–Crippen MR) is 152 cm³/mol. The summed E-state index contributed by atoms with van der Waals surface area (Å²) in [6.07, 6.45) is 36.3. The van der Waals surface area contributed by atoms with Gasteiger partial charge in [-0.15, -0.1) is 0 Å². The van der Waals surface area contributed by atoms with Crippen molar-refractivity contribution in [1.29, 1.82) is 0 Å². The maximum absolute atomic E-state index is 2.56. The van der Waals surface area contributed by atoms with E-state index in [1.165, 1.54) is 174 Å².